The van der Waals surface area contributed by atoms with Gasteiger partial charge < -0.3 is 10.6 Å². The average Bonchev–Trinajstić information content (AvgIpc) is 2.82. The van der Waals surface area contributed by atoms with Crippen LogP contribution in [0.25, 0.3) is 0 Å². The number of benzene rings is 2. The van der Waals surface area contributed by atoms with E-state index in [4.69, 9.17) is 11.6 Å². The number of nitrogens with zero attached hydrogens (tertiary/aromatic N) is 1. The maximum atomic E-state index is 12.9. The normalized spacial score (nSPS) is 19.1. The Kier molecular flexibility index (Phi) is 8.71. The number of sulfonamides is 1. The van der Waals surface area contributed by atoms with E-state index in [2.05, 4.69) is 34.9 Å². The summed E-state index contributed by atoms with van der Waals surface area (Å²) in [6.07, 6.45) is 4.09. The van der Waals surface area contributed by atoms with Gasteiger partial charge in [0.2, 0.25) is 15.9 Å². The van der Waals surface area contributed by atoms with Crippen molar-refractivity contribution >= 4 is 27.5 Å². The lowest BCUT2D eigenvalue weighted by molar-refractivity contribution is -0.120. The van der Waals surface area contributed by atoms with E-state index in [-0.39, 0.29) is 16.8 Å². The van der Waals surface area contributed by atoms with Gasteiger partial charge in [0.05, 0.1) is 4.90 Å². The first-order valence-corrected chi connectivity index (χ1v) is 12.9. The van der Waals surface area contributed by atoms with Crippen LogP contribution in [0.15, 0.2) is 53.4 Å². The minimum Gasteiger partial charge on any atom is -0.359 e. The second-order valence-corrected chi connectivity index (χ2v) is 10.8. The summed E-state index contributed by atoms with van der Waals surface area (Å²) in [6.45, 7) is 1.38. The highest BCUT2D eigenvalue weighted by molar-refractivity contribution is 7.89. The number of hydrogen-bond donors (Lipinski definition) is 2. The van der Waals surface area contributed by atoms with E-state index >= 15 is 0 Å². The third kappa shape index (κ3) is 6.32. The number of carbonyl (C=O) groups excluding carboxylic acids is 1. The van der Waals surface area contributed by atoms with Crippen LogP contribution in [0, 0.1) is 0 Å². The highest BCUT2D eigenvalue weighted by Crippen LogP contribution is 2.36. The minimum absolute atomic E-state index is 0.00993. The van der Waals surface area contributed by atoms with Gasteiger partial charge in [-0.1, -0.05) is 35.9 Å². The van der Waals surface area contributed by atoms with Crippen molar-refractivity contribution in [1.29, 1.82) is 0 Å². The number of nitrogens with one attached hydrogen (secondary N) is 2. The Morgan fingerprint density at radius 2 is 1.66 bits per heavy atom. The van der Waals surface area contributed by atoms with E-state index in [0.29, 0.717) is 23.9 Å². The molecule has 1 amide bonds. The van der Waals surface area contributed by atoms with Crippen molar-refractivity contribution < 1.29 is 13.2 Å². The van der Waals surface area contributed by atoms with Gasteiger partial charge in [0.25, 0.3) is 0 Å². The van der Waals surface area contributed by atoms with Crippen molar-refractivity contribution in [3.8, 4) is 0 Å². The fraction of sp³-hybridized carbons (Fsp3) is 0.458. The van der Waals surface area contributed by atoms with Crippen LogP contribution < -0.4 is 10.6 Å². The summed E-state index contributed by atoms with van der Waals surface area (Å²) in [4.78, 5) is 11.5. The second-order valence-electron chi connectivity index (χ2n) is 8.32. The first kappa shape index (κ1) is 24.7. The lowest BCUT2D eigenvalue weighted by atomic mass is 9.81. The lowest BCUT2D eigenvalue weighted by Crippen LogP contribution is -2.39. The number of halogens is 1. The van der Waals surface area contributed by atoms with Crippen LogP contribution in [-0.2, 0) is 21.4 Å². The van der Waals surface area contributed by atoms with Crippen LogP contribution in [0.3, 0.4) is 0 Å². The van der Waals surface area contributed by atoms with E-state index < -0.39 is 10.0 Å². The Balaban J connectivity index is 1.50. The molecule has 2 aromatic rings. The number of carbonyl (C=O) groups is 1. The molecular formula is C24H32ClN3O3S. The highest BCUT2D eigenvalue weighted by atomic mass is 35.5. The van der Waals surface area contributed by atoms with Gasteiger partial charge in [-0.05, 0) is 67.0 Å². The van der Waals surface area contributed by atoms with Gasteiger partial charge in [0, 0.05) is 44.7 Å². The molecule has 3 rings (SSSR count). The molecule has 0 atom stereocenters. The molecule has 0 spiro atoms. The largest absolute Gasteiger partial charge is 0.359 e. The Hall–Kier alpha value is -1.93. The maximum Gasteiger partial charge on any atom is 0.243 e. The molecule has 1 aliphatic carbocycles. The van der Waals surface area contributed by atoms with E-state index in [9.17, 15) is 13.2 Å². The molecule has 0 radical (unpaired) electrons. The number of rotatable bonds is 9. The number of amides is 1. The highest BCUT2D eigenvalue weighted by Gasteiger charge is 2.31. The fourth-order valence-corrected chi connectivity index (χ4v) is 5.75. The van der Waals surface area contributed by atoms with Gasteiger partial charge in [-0.15, -0.1) is 0 Å². The molecule has 8 heteroatoms. The molecule has 0 heterocycles. The smallest absolute Gasteiger partial charge is 0.243 e. The molecule has 6 nitrogen and oxygen atoms in total. The molecule has 0 unspecified atom stereocenters. The average molecular weight is 478 g/mol. The van der Waals surface area contributed by atoms with Crippen molar-refractivity contribution in [2.75, 3.05) is 20.6 Å². The Morgan fingerprint density at radius 3 is 2.25 bits per heavy atom. The molecule has 0 aromatic heterocycles. The number of hydrogen-bond acceptors (Lipinski definition) is 4. The molecule has 32 heavy (non-hydrogen) atoms. The zero-order chi connectivity index (χ0) is 23.1. The standard InChI is InChI=1S/C24H32ClN3O3S/c1-26-24(29)15-16-27-17-18-3-5-19(6-4-18)20-7-11-22(12-8-20)28(2)32(30,31)23-13-9-21(25)10-14-23/h3-6,9-10,13-14,20,22,27H,7-8,11-12,15-17H2,1-2H3,(H,26,29). The predicted molar refractivity (Wildman–Crippen MR) is 128 cm³/mol. The van der Waals surface area contributed by atoms with Crippen molar-refractivity contribution in [3.05, 3.63) is 64.7 Å². The summed E-state index contributed by atoms with van der Waals surface area (Å²) in [7, 11) is -0.193. The minimum atomic E-state index is -3.52. The monoisotopic (exact) mass is 477 g/mol. The molecular weight excluding hydrogens is 446 g/mol. The van der Waals surface area contributed by atoms with Gasteiger partial charge >= 0.3 is 0 Å². The predicted octanol–water partition coefficient (Wildman–Crippen LogP) is 3.91. The third-order valence-electron chi connectivity index (χ3n) is 6.29. The van der Waals surface area contributed by atoms with Crippen molar-refractivity contribution in [2.24, 2.45) is 0 Å². The van der Waals surface area contributed by atoms with Crippen LogP contribution in [0.2, 0.25) is 5.02 Å². The van der Waals surface area contributed by atoms with Gasteiger partial charge in [-0.2, -0.15) is 4.31 Å². The molecule has 174 valence electrons. The summed E-state index contributed by atoms with van der Waals surface area (Å²) in [5.41, 5.74) is 2.49. The molecule has 2 aromatic carbocycles. The van der Waals surface area contributed by atoms with Crippen LogP contribution in [0.4, 0.5) is 0 Å². The summed E-state index contributed by atoms with van der Waals surface area (Å²) in [5, 5.41) is 6.43. The summed E-state index contributed by atoms with van der Waals surface area (Å²) >= 11 is 5.90. The Labute approximate surface area is 196 Å². The summed E-state index contributed by atoms with van der Waals surface area (Å²) < 4.78 is 27.4. The van der Waals surface area contributed by atoms with E-state index in [1.54, 1.807) is 38.4 Å². The molecule has 0 bridgehead atoms. The van der Waals surface area contributed by atoms with Crippen LogP contribution in [-0.4, -0.2) is 45.3 Å². The SMILES string of the molecule is CNC(=O)CCNCc1ccc(C2CCC(N(C)S(=O)(=O)c3ccc(Cl)cc3)CC2)cc1. The topological polar surface area (TPSA) is 78.5 Å². The van der Waals surface area contributed by atoms with E-state index in [0.717, 1.165) is 32.2 Å². The zero-order valence-electron chi connectivity index (χ0n) is 18.7. The van der Waals surface area contributed by atoms with Crippen LogP contribution in [0.5, 0.6) is 0 Å². The quantitative estimate of drug-likeness (QED) is 0.537. The molecule has 0 aliphatic heterocycles. The summed E-state index contributed by atoms with van der Waals surface area (Å²) in [5.74, 6) is 0.489. The van der Waals surface area contributed by atoms with E-state index in [1.165, 1.54) is 15.4 Å². The second kappa shape index (κ2) is 11.3. The van der Waals surface area contributed by atoms with Crippen LogP contribution >= 0.6 is 11.6 Å². The first-order valence-electron chi connectivity index (χ1n) is 11.0. The van der Waals surface area contributed by atoms with Crippen molar-refractivity contribution in [1.82, 2.24) is 14.9 Å². The third-order valence-corrected chi connectivity index (χ3v) is 8.47. The fourth-order valence-electron chi connectivity index (χ4n) is 4.21. The van der Waals surface area contributed by atoms with Gasteiger partial charge in [-0.25, -0.2) is 8.42 Å². The van der Waals surface area contributed by atoms with Gasteiger partial charge in [0.15, 0.2) is 0 Å². The lowest BCUT2D eigenvalue weighted by Gasteiger charge is -2.34. The molecule has 2 N–H and O–H groups in total. The zero-order valence-corrected chi connectivity index (χ0v) is 20.3. The van der Waals surface area contributed by atoms with Crippen LogP contribution in [0.1, 0.15) is 49.1 Å². The summed E-state index contributed by atoms with van der Waals surface area (Å²) in [6, 6.07) is 15.0. The van der Waals surface area contributed by atoms with Crippen molar-refractivity contribution in [2.45, 2.75) is 55.5 Å². The Bertz CT molecular complexity index is 986. The first-order chi connectivity index (χ1) is 15.3. The molecule has 1 saturated carbocycles. The van der Waals surface area contributed by atoms with Gasteiger partial charge in [0.1, 0.15) is 0 Å². The molecule has 1 aliphatic rings. The Morgan fingerprint density at radius 1 is 1.03 bits per heavy atom. The van der Waals surface area contributed by atoms with Crippen molar-refractivity contribution in [3.63, 3.8) is 0 Å². The maximum absolute atomic E-state index is 12.9. The molecule has 1 fully saturated rings. The van der Waals surface area contributed by atoms with Gasteiger partial charge in [-0.3, -0.25) is 4.79 Å². The van der Waals surface area contributed by atoms with E-state index in [1.807, 2.05) is 0 Å². The molecule has 0 saturated heterocycles.